The van der Waals surface area contributed by atoms with Gasteiger partial charge in [0.25, 0.3) is 5.91 Å². The Morgan fingerprint density at radius 1 is 1.37 bits per heavy atom. The Bertz CT molecular complexity index is 634. The van der Waals surface area contributed by atoms with Crippen LogP contribution in [0.3, 0.4) is 0 Å². The van der Waals surface area contributed by atoms with Gasteiger partial charge >= 0.3 is 0 Å². The molecule has 0 bridgehead atoms. The number of aromatic nitrogens is 2. The first kappa shape index (κ1) is 13.7. The quantitative estimate of drug-likeness (QED) is 0.662. The number of aryl methyl sites for hydroxylation is 1. The molecule has 1 N–H and O–H groups in total. The highest BCUT2D eigenvalue weighted by Crippen LogP contribution is 2.16. The summed E-state index contributed by atoms with van der Waals surface area (Å²) >= 11 is 2.12. The van der Waals surface area contributed by atoms with E-state index in [-0.39, 0.29) is 17.0 Å². The average molecular weight is 371 g/mol. The summed E-state index contributed by atoms with van der Waals surface area (Å²) in [6, 6.07) is 3.49. The Labute approximate surface area is 122 Å². The Balaban J connectivity index is 2.27. The van der Waals surface area contributed by atoms with Crippen molar-refractivity contribution in [1.29, 1.82) is 0 Å². The van der Waals surface area contributed by atoms with E-state index >= 15 is 0 Å². The zero-order chi connectivity index (χ0) is 14.0. The molecule has 2 heterocycles. The number of halogens is 1. The van der Waals surface area contributed by atoms with E-state index in [1.807, 2.05) is 6.07 Å². The van der Waals surface area contributed by atoms with E-state index in [0.717, 1.165) is 3.57 Å². The fraction of sp³-hybridized carbons (Fsp3) is 0.167. The predicted octanol–water partition coefficient (Wildman–Crippen LogP) is 2.44. The zero-order valence-electron chi connectivity index (χ0n) is 10.2. The second kappa shape index (κ2) is 5.47. The lowest BCUT2D eigenvalue weighted by Crippen LogP contribution is -2.16. The van der Waals surface area contributed by atoms with E-state index in [4.69, 9.17) is 4.52 Å². The van der Waals surface area contributed by atoms with Crippen LogP contribution in [0.4, 0.5) is 5.82 Å². The van der Waals surface area contributed by atoms with Crippen LogP contribution in [-0.2, 0) is 0 Å². The van der Waals surface area contributed by atoms with Crippen molar-refractivity contribution < 1.29 is 14.1 Å². The van der Waals surface area contributed by atoms with Crippen LogP contribution >= 0.6 is 22.6 Å². The Morgan fingerprint density at radius 2 is 2.11 bits per heavy atom. The van der Waals surface area contributed by atoms with Gasteiger partial charge in [0.2, 0.25) is 0 Å². The molecule has 0 radical (unpaired) electrons. The molecule has 0 atom stereocenters. The first-order valence-electron chi connectivity index (χ1n) is 5.39. The van der Waals surface area contributed by atoms with Crippen molar-refractivity contribution in [3.05, 3.63) is 38.9 Å². The van der Waals surface area contributed by atoms with Crippen LogP contribution in [0, 0.1) is 10.5 Å². The summed E-state index contributed by atoms with van der Waals surface area (Å²) in [6.45, 7) is 2.91. The van der Waals surface area contributed by atoms with Gasteiger partial charge < -0.3 is 9.84 Å². The van der Waals surface area contributed by atoms with E-state index in [0.29, 0.717) is 11.6 Å². The van der Waals surface area contributed by atoms with Gasteiger partial charge in [-0.15, -0.1) is 0 Å². The number of pyridine rings is 1. The molecular formula is C12H10IN3O3. The number of Topliss-reactive ketones (excluding diaryl/α,β-unsaturated/α-hetero) is 1. The molecule has 1 amide bonds. The number of hydrogen-bond donors (Lipinski definition) is 1. The van der Waals surface area contributed by atoms with Crippen molar-refractivity contribution in [2.24, 2.45) is 0 Å². The van der Waals surface area contributed by atoms with Crippen molar-refractivity contribution >= 4 is 40.1 Å². The van der Waals surface area contributed by atoms with Gasteiger partial charge in [-0.1, -0.05) is 5.16 Å². The SMILES string of the molecule is CC(=O)c1noc(C)c1C(=O)Nc1ccc(I)cn1. The van der Waals surface area contributed by atoms with Crippen LogP contribution in [0.15, 0.2) is 22.9 Å². The maximum absolute atomic E-state index is 12.1. The molecule has 0 aromatic carbocycles. The molecule has 6 nitrogen and oxygen atoms in total. The highest BCUT2D eigenvalue weighted by molar-refractivity contribution is 14.1. The summed E-state index contributed by atoms with van der Waals surface area (Å²) in [7, 11) is 0. The standard InChI is InChI=1S/C12H10IN3O3/c1-6(17)11-10(7(2)19-16-11)12(18)15-9-4-3-8(13)5-14-9/h3-5H,1-2H3,(H,14,15,18). The molecule has 0 saturated heterocycles. The van der Waals surface area contributed by atoms with E-state index < -0.39 is 5.91 Å². The van der Waals surface area contributed by atoms with Gasteiger partial charge in [-0.05, 0) is 41.6 Å². The highest BCUT2D eigenvalue weighted by atomic mass is 127. The number of carbonyl (C=O) groups excluding carboxylic acids is 2. The molecule has 19 heavy (non-hydrogen) atoms. The molecule has 2 aromatic heterocycles. The third-order valence-electron chi connectivity index (χ3n) is 2.39. The molecule has 0 spiro atoms. The number of carbonyl (C=O) groups is 2. The number of nitrogens with one attached hydrogen (secondary N) is 1. The number of nitrogens with zero attached hydrogens (tertiary/aromatic N) is 2. The smallest absolute Gasteiger partial charge is 0.262 e. The topological polar surface area (TPSA) is 85.1 Å². The molecule has 2 aromatic rings. The van der Waals surface area contributed by atoms with Gasteiger partial charge in [0.05, 0.1) is 0 Å². The van der Waals surface area contributed by atoms with E-state index in [1.165, 1.54) is 6.92 Å². The third kappa shape index (κ3) is 2.98. The Kier molecular flexibility index (Phi) is 3.93. The fourth-order valence-electron chi connectivity index (χ4n) is 1.51. The normalized spacial score (nSPS) is 10.3. The minimum Gasteiger partial charge on any atom is -0.360 e. The molecule has 0 aliphatic rings. The summed E-state index contributed by atoms with van der Waals surface area (Å²) in [4.78, 5) is 27.5. The van der Waals surface area contributed by atoms with Crippen molar-refractivity contribution in [3.8, 4) is 0 Å². The largest absolute Gasteiger partial charge is 0.360 e. The summed E-state index contributed by atoms with van der Waals surface area (Å²) < 4.78 is 5.84. The number of amides is 1. The summed E-state index contributed by atoms with van der Waals surface area (Å²) in [5.74, 6) is -0.0797. The maximum atomic E-state index is 12.1. The highest BCUT2D eigenvalue weighted by Gasteiger charge is 2.23. The predicted molar refractivity (Wildman–Crippen MR) is 76.2 cm³/mol. The zero-order valence-corrected chi connectivity index (χ0v) is 12.4. The Morgan fingerprint density at radius 3 is 2.68 bits per heavy atom. The summed E-state index contributed by atoms with van der Waals surface area (Å²) in [5.41, 5.74) is 0.174. The first-order chi connectivity index (χ1) is 8.99. The van der Waals surface area contributed by atoms with Crippen LogP contribution in [0.5, 0.6) is 0 Å². The minimum absolute atomic E-state index is 0.0283. The monoisotopic (exact) mass is 371 g/mol. The van der Waals surface area contributed by atoms with Gasteiger partial charge in [0.15, 0.2) is 11.5 Å². The average Bonchev–Trinajstić information content (AvgIpc) is 2.74. The third-order valence-corrected chi connectivity index (χ3v) is 3.03. The van der Waals surface area contributed by atoms with Crippen LogP contribution in [0.1, 0.15) is 33.5 Å². The molecule has 0 aliphatic heterocycles. The fourth-order valence-corrected chi connectivity index (χ4v) is 1.83. The molecule has 0 fully saturated rings. The van der Waals surface area contributed by atoms with Gasteiger partial charge in [0, 0.05) is 16.7 Å². The van der Waals surface area contributed by atoms with Crippen LogP contribution in [0.25, 0.3) is 0 Å². The number of anilines is 1. The van der Waals surface area contributed by atoms with E-state index in [2.05, 4.69) is 38.0 Å². The molecule has 7 heteroatoms. The second-order valence-corrected chi connectivity index (χ2v) is 5.08. The maximum Gasteiger partial charge on any atom is 0.262 e. The van der Waals surface area contributed by atoms with Crippen LogP contribution in [0.2, 0.25) is 0 Å². The molecule has 0 saturated carbocycles. The molecule has 2 rings (SSSR count). The minimum atomic E-state index is -0.461. The van der Waals surface area contributed by atoms with Crippen molar-refractivity contribution in [2.45, 2.75) is 13.8 Å². The number of ketones is 1. The Hall–Kier alpha value is -1.77. The molecule has 0 unspecified atom stereocenters. The number of hydrogen-bond acceptors (Lipinski definition) is 5. The lowest BCUT2D eigenvalue weighted by molar-refractivity contribution is 0.0981. The summed E-state index contributed by atoms with van der Waals surface area (Å²) in [6.07, 6.45) is 1.63. The molecule has 0 aliphatic carbocycles. The van der Waals surface area contributed by atoms with Crippen molar-refractivity contribution in [1.82, 2.24) is 10.1 Å². The summed E-state index contributed by atoms with van der Waals surface area (Å²) in [5, 5.41) is 6.19. The van der Waals surface area contributed by atoms with Crippen molar-refractivity contribution in [3.63, 3.8) is 0 Å². The lowest BCUT2D eigenvalue weighted by atomic mass is 10.1. The molecular weight excluding hydrogens is 361 g/mol. The van der Waals surface area contributed by atoms with Gasteiger partial charge in [0.1, 0.15) is 17.1 Å². The number of rotatable bonds is 3. The first-order valence-corrected chi connectivity index (χ1v) is 6.47. The van der Waals surface area contributed by atoms with Crippen LogP contribution in [-0.4, -0.2) is 21.8 Å². The van der Waals surface area contributed by atoms with Gasteiger partial charge in [-0.25, -0.2) is 4.98 Å². The molecule has 98 valence electrons. The van der Waals surface area contributed by atoms with Crippen LogP contribution < -0.4 is 5.32 Å². The van der Waals surface area contributed by atoms with E-state index in [9.17, 15) is 9.59 Å². The second-order valence-electron chi connectivity index (χ2n) is 3.83. The van der Waals surface area contributed by atoms with Crippen molar-refractivity contribution in [2.75, 3.05) is 5.32 Å². The van der Waals surface area contributed by atoms with E-state index in [1.54, 1.807) is 19.2 Å². The van der Waals surface area contributed by atoms with Gasteiger partial charge in [-0.2, -0.15) is 0 Å². The van der Waals surface area contributed by atoms with Gasteiger partial charge in [-0.3, -0.25) is 9.59 Å². The lowest BCUT2D eigenvalue weighted by Gasteiger charge is -2.03.